The van der Waals surface area contributed by atoms with Crippen LogP contribution in [0, 0.1) is 0 Å². The molecular weight excluding hydrogens is 192 g/mol. The van der Waals surface area contributed by atoms with E-state index in [9.17, 15) is 10.2 Å². The summed E-state index contributed by atoms with van der Waals surface area (Å²) in [4.78, 5) is 0. The maximum Gasteiger partial charge on any atom is 0.115 e. The molecule has 1 aliphatic heterocycles. The Balaban J connectivity index is 2.32. The Morgan fingerprint density at radius 1 is 1.27 bits per heavy atom. The number of phenolic OH excluding ortho intramolecular Hbond substituents is 1. The Morgan fingerprint density at radius 2 is 2.00 bits per heavy atom. The van der Waals surface area contributed by atoms with E-state index in [-0.39, 0.29) is 17.8 Å². The number of benzene rings is 1. The van der Waals surface area contributed by atoms with Gasteiger partial charge in [0.25, 0.3) is 0 Å². The highest BCUT2D eigenvalue weighted by molar-refractivity contribution is 5.33. The van der Waals surface area contributed by atoms with Crippen molar-refractivity contribution in [2.45, 2.75) is 18.3 Å². The Bertz CT molecular complexity index is 329. The van der Waals surface area contributed by atoms with Crippen LogP contribution in [-0.2, 0) is 10.2 Å². The molecule has 0 bridgehead atoms. The fourth-order valence-corrected chi connectivity index (χ4v) is 2.14. The lowest BCUT2D eigenvalue weighted by Crippen LogP contribution is -2.37. The molecule has 2 rings (SSSR count). The molecule has 2 N–H and O–H groups in total. The third-order valence-electron chi connectivity index (χ3n) is 3.21. The van der Waals surface area contributed by atoms with E-state index in [1.807, 2.05) is 12.1 Å². The summed E-state index contributed by atoms with van der Waals surface area (Å²) in [6.07, 6.45) is 1.62. The highest BCUT2D eigenvalue weighted by Gasteiger charge is 2.33. The zero-order valence-electron chi connectivity index (χ0n) is 8.65. The average molecular weight is 208 g/mol. The van der Waals surface area contributed by atoms with Gasteiger partial charge in [-0.05, 0) is 30.5 Å². The maximum atomic E-state index is 9.55. The molecule has 0 saturated carbocycles. The number of ether oxygens (including phenoxy) is 1. The minimum Gasteiger partial charge on any atom is -0.508 e. The van der Waals surface area contributed by atoms with Crippen molar-refractivity contribution in [2.75, 3.05) is 19.8 Å². The van der Waals surface area contributed by atoms with E-state index in [2.05, 4.69) is 0 Å². The van der Waals surface area contributed by atoms with Gasteiger partial charge in [-0.1, -0.05) is 12.1 Å². The molecule has 0 radical (unpaired) electrons. The summed E-state index contributed by atoms with van der Waals surface area (Å²) in [5.74, 6) is 0.256. The first-order chi connectivity index (χ1) is 7.27. The Morgan fingerprint density at radius 3 is 2.60 bits per heavy atom. The minimum absolute atomic E-state index is 0.111. The highest BCUT2D eigenvalue weighted by Crippen LogP contribution is 2.35. The highest BCUT2D eigenvalue weighted by atomic mass is 16.5. The molecule has 3 nitrogen and oxygen atoms in total. The molecule has 0 aromatic heterocycles. The summed E-state index contributed by atoms with van der Waals surface area (Å²) in [5.41, 5.74) is 0.782. The maximum absolute atomic E-state index is 9.55. The average Bonchev–Trinajstić information content (AvgIpc) is 2.30. The Kier molecular flexibility index (Phi) is 2.93. The van der Waals surface area contributed by atoms with E-state index in [0.717, 1.165) is 18.4 Å². The van der Waals surface area contributed by atoms with Crippen molar-refractivity contribution in [1.82, 2.24) is 0 Å². The van der Waals surface area contributed by atoms with Crippen molar-refractivity contribution in [3.05, 3.63) is 29.8 Å². The number of phenols is 1. The van der Waals surface area contributed by atoms with Gasteiger partial charge in [-0.2, -0.15) is 0 Å². The standard InChI is InChI=1S/C12H16O3/c13-9-12(4-6-15-7-5-12)10-2-1-3-11(14)8-10/h1-3,8,13-14H,4-7,9H2. The molecule has 1 fully saturated rings. The molecule has 0 aliphatic carbocycles. The second-order valence-corrected chi connectivity index (χ2v) is 4.10. The number of rotatable bonds is 2. The molecule has 0 spiro atoms. The number of hydrogen-bond acceptors (Lipinski definition) is 3. The van der Waals surface area contributed by atoms with Crippen LogP contribution in [0.15, 0.2) is 24.3 Å². The minimum atomic E-state index is -0.225. The monoisotopic (exact) mass is 208 g/mol. The van der Waals surface area contributed by atoms with Crippen LogP contribution in [0.3, 0.4) is 0 Å². The van der Waals surface area contributed by atoms with Gasteiger partial charge in [0, 0.05) is 18.6 Å². The van der Waals surface area contributed by atoms with Crippen molar-refractivity contribution >= 4 is 0 Å². The molecule has 82 valence electrons. The zero-order valence-corrected chi connectivity index (χ0v) is 8.65. The van der Waals surface area contributed by atoms with Crippen LogP contribution < -0.4 is 0 Å². The molecule has 0 unspecified atom stereocenters. The van der Waals surface area contributed by atoms with Gasteiger partial charge in [0.05, 0.1) is 6.61 Å². The van der Waals surface area contributed by atoms with Crippen molar-refractivity contribution in [1.29, 1.82) is 0 Å². The van der Waals surface area contributed by atoms with E-state index in [1.165, 1.54) is 0 Å². The largest absolute Gasteiger partial charge is 0.508 e. The predicted molar refractivity (Wildman–Crippen MR) is 56.9 cm³/mol. The van der Waals surface area contributed by atoms with Crippen LogP contribution in [0.4, 0.5) is 0 Å². The molecule has 1 aromatic rings. The molecule has 15 heavy (non-hydrogen) atoms. The molecule has 1 saturated heterocycles. The number of aliphatic hydroxyl groups excluding tert-OH is 1. The Hall–Kier alpha value is -1.06. The van der Waals surface area contributed by atoms with E-state index in [0.29, 0.717) is 13.2 Å². The summed E-state index contributed by atoms with van der Waals surface area (Å²) in [6, 6.07) is 7.16. The first-order valence-electron chi connectivity index (χ1n) is 5.25. The van der Waals surface area contributed by atoms with Crippen LogP contribution >= 0.6 is 0 Å². The van der Waals surface area contributed by atoms with Gasteiger partial charge in [0.1, 0.15) is 5.75 Å². The smallest absolute Gasteiger partial charge is 0.115 e. The van der Waals surface area contributed by atoms with Crippen LogP contribution in [-0.4, -0.2) is 30.0 Å². The molecule has 0 atom stereocenters. The second-order valence-electron chi connectivity index (χ2n) is 4.10. The summed E-state index contributed by atoms with van der Waals surface area (Å²) in [6.45, 7) is 1.46. The molecule has 1 aliphatic rings. The Labute approximate surface area is 89.3 Å². The molecule has 3 heteroatoms. The first-order valence-corrected chi connectivity index (χ1v) is 5.25. The third kappa shape index (κ3) is 1.98. The zero-order chi connectivity index (χ0) is 10.7. The normalized spacial score (nSPS) is 20.1. The van der Waals surface area contributed by atoms with Crippen molar-refractivity contribution in [3.8, 4) is 5.75 Å². The van der Waals surface area contributed by atoms with Crippen LogP contribution in [0.25, 0.3) is 0 Å². The van der Waals surface area contributed by atoms with Crippen molar-refractivity contribution < 1.29 is 14.9 Å². The topological polar surface area (TPSA) is 49.7 Å². The van der Waals surface area contributed by atoms with Crippen molar-refractivity contribution in [2.24, 2.45) is 0 Å². The lowest BCUT2D eigenvalue weighted by atomic mass is 9.75. The number of aromatic hydroxyl groups is 1. The van der Waals surface area contributed by atoms with Gasteiger partial charge in [-0.15, -0.1) is 0 Å². The summed E-state index contributed by atoms with van der Waals surface area (Å²) < 4.78 is 5.30. The van der Waals surface area contributed by atoms with Gasteiger partial charge >= 0.3 is 0 Å². The van der Waals surface area contributed by atoms with E-state index < -0.39 is 0 Å². The van der Waals surface area contributed by atoms with Gasteiger partial charge in [-0.3, -0.25) is 0 Å². The van der Waals surface area contributed by atoms with Crippen LogP contribution in [0.5, 0.6) is 5.75 Å². The summed E-state index contributed by atoms with van der Waals surface area (Å²) >= 11 is 0. The fraction of sp³-hybridized carbons (Fsp3) is 0.500. The van der Waals surface area contributed by atoms with Crippen molar-refractivity contribution in [3.63, 3.8) is 0 Å². The number of aliphatic hydroxyl groups is 1. The lowest BCUT2D eigenvalue weighted by molar-refractivity contribution is 0.0252. The van der Waals surface area contributed by atoms with Gasteiger partial charge in [0.15, 0.2) is 0 Å². The number of hydrogen-bond donors (Lipinski definition) is 2. The second kappa shape index (κ2) is 4.21. The molecule has 0 amide bonds. The molecule has 1 heterocycles. The van der Waals surface area contributed by atoms with E-state index >= 15 is 0 Å². The van der Waals surface area contributed by atoms with Gasteiger partial charge in [-0.25, -0.2) is 0 Å². The van der Waals surface area contributed by atoms with Gasteiger partial charge < -0.3 is 14.9 Å². The quantitative estimate of drug-likeness (QED) is 0.773. The van der Waals surface area contributed by atoms with Crippen LogP contribution in [0.1, 0.15) is 18.4 Å². The third-order valence-corrected chi connectivity index (χ3v) is 3.21. The SMILES string of the molecule is OCC1(c2cccc(O)c2)CCOCC1. The summed E-state index contributed by atoms with van der Waals surface area (Å²) in [5, 5.41) is 19.0. The first kappa shape index (κ1) is 10.5. The molecular formula is C12H16O3. The fourth-order valence-electron chi connectivity index (χ4n) is 2.14. The summed E-state index contributed by atoms with van der Waals surface area (Å²) in [7, 11) is 0. The lowest BCUT2D eigenvalue weighted by Gasteiger charge is -2.36. The van der Waals surface area contributed by atoms with E-state index in [1.54, 1.807) is 12.1 Å². The predicted octanol–water partition coefficient (Wildman–Crippen LogP) is 1.43. The van der Waals surface area contributed by atoms with E-state index in [4.69, 9.17) is 4.74 Å². The van der Waals surface area contributed by atoms with Crippen LogP contribution in [0.2, 0.25) is 0 Å². The van der Waals surface area contributed by atoms with Gasteiger partial charge in [0.2, 0.25) is 0 Å². The molecule has 1 aromatic carbocycles.